The minimum atomic E-state index is -0.116. The van der Waals surface area contributed by atoms with Gasteiger partial charge < -0.3 is 5.73 Å². The highest BCUT2D eigenvalue weighted by atomic mass is 14.6. The molecule has 0 fully saturated rings. The molecule has 1 aliphatic rings. The van der Waals surface area contributed by atoms with E-state index in [0.29, 0.717) is 0 Å². The largest absolute Gasteiger partial charge is 0.321 e. The van der Waals surface area contributed by atoms with E-state index in [2.05, 4.69) is 85.4 Å². The molecule has 28 heavy (non-hydrogen) atoms. The van der Waals surface area contributed by atoms with E-state index in [1.54, 1.807) is 6.08 Å². The molecule has 0 bridgehead atoms. The fourth-order valence-electron chi connectivity index (χ4n) is 4.25. The van der Waals surface area contributed by atoms with Gasteiger partial charge in [0.05, 0.1) is 0 Å². The second-order valence-corrected chi connectivity index (χ2v) is 7.20. The van der Waals surface area contributed by atoms with Gasteiger partial charge in [-0.25, -0.2) is 0 Å². The molecule has 4 aromatic rings. The van der Waals surface area contributed by atoms with Crippen LogP contribution < -0.4 is 5.73 Å². The smallest absolute Gasteiger partial charge is 0.0484 e. The normalized spacial score (nSPS) is 13.0. The summed E-state index contributed by atoms with van der Waals surface area (Å²) in [7, 11) is 0. The quantitative estimate of drug-likeness (QED) is 0.347. The molecular formula is C27H21N. The van der Waals surface area contributed by atoms with Crippen molar-refractivity contribution in [3.05, 3.63) is 109 Å². The predicted molar refractivity (Wildman–Crippen MR) is 120 cm³/mol. The summed E-state index contributed by atoms with van der Waals surface area (Å²) in [4.78, 5) is 0. The lowest BCUT2D eigenvalue weighted by Gasteiger charge is -2.12. The summed E-state index contributed by atoms with van der Waals surface area (Å²) < 4.78 is 0. The summed E-state index contributed by atoms with van der Waals surface area (Å²) in [6, 6.07) is 28.3. The molecular weight excluding hydrogens is 338 g/mol. The van der Waals surface area contributed by atoms with Gasteiger partial charge in [0.15, 0.2) is 0 Å². The number of allylic oxidation sites excluding steroid dienone is 2. The van der Waals surface area contributed by atoms with E-state index in [9.17, 15) is 0 Å². The van der Waals surface area contributed by atoms with Crippen LogP contribution in [-0.4, -0.2) is 0 Å². The number of hydrogen-bond acceptors (Lipinski definition) is 1. The minimum absolute atomic E-state index is 0.116. The van der Waals surface area contributed by atoms with Crippen molar-refractivity contribution in [3.8, 4) is 33.4 Å². The zero-order chi connectivity index (χ0) is 19.1. The molecule has 1 atom stereocenters. The fourth-order valence-corrected chi connectivity index (χ4v) is 4.25. The first-order valence-electron chi connectivity index (χ1n) is 9.58. The van der Waals surface area contributed by atoms with Crippen LogP contribution in [0.25, 0.3) is 44.2 Å². The third-order valence-electron chi connectivity index (χ3n) is 5.61. The number of hydrogen-bond donors (Lipinski definition) is 1. The maximum absolute atomic E-state index is 6.22. The molecule has 1 nitrogen and oxygen atoms in total. The van der Waals surface area contributed by atoms with Crippen LogP contribution in [0.4, 0.5) is 0 Å². The number of nitrogens with two attached hydrogens (primary N) is 1. The maximum atomic E-state index is 6.22. The SMILES string of the molecule is C=C/C=C\C(N)c1ccc(-c2ccc3c4c(cccc24)-c2ccccc2-3)cc1. The van der Waals surface area contributed by atoms with Crippen LogP contribution in [0.5, 0.6) is 0 Å². The lowest BCUT2D eigenvalue weighted by atomic mass is 9.93. The maximum Gasteiger partial charge on any atom is 0.0484 e. The van der Waals surface area contributed by atoms with E-state index in [-0.39, 0.29) is 6.04 Å². The Morgan fingerprint density at radius 1 is 0.679 bits per heavy atom. The van der Waals surface area contributed by atoms with Crippen LogP contribution in [0.1, 0.15) is 11.6 Å². The average Bonchev–Trinajstić information content (AvgIpc) is 3.08. The van der Waals surface area contributed by atoms with E-state index in [1.807, 2.05) is 12.2 Å². The summed E-state index contributed by atoms with van der Waals surface area (Å²) in [5.74, 6) is 0. The molecule has 0 radical (unpaired) electrons. The fraction of sp³-hybridized carbons (Fsp3) is 0.0370. The molecule has 1 heteroatoms. The van der Waals surface area contributed by atoms with Crippen LogP contribution in [0.3, 0.4) is 0 Å². The Bertz CT molecular complexity index is 1200. The standard InChI is InChI=1S/C27H21N/c1-2-3-11-26(28)19-14-12-18(13-15-19)20-16-17-25-22-8-5-4-7-21(22)24-10-6-9-23(20)27(24)25/h2-17,26H,1,28H2/b11-3-. The van der Waals surface area contributed by atoms with Crippen molar-refractivity contribution in [2.75, 3.05) is 0 Å². The zero-order valence-corrected chi connectivity index (χ0v) is 15.6. The lowest BCUT2D eigenvalue weighted by molar-refractivity contribution is 0.912. The third-order valence-corrected chi connectivity index (χ3v) is 5.61. The van der Waals surface area contributed by atoms with Crippen LogP contribution in [0.2, 0.25) is 0 Å². The van der Waals surface area contributed by atoms with Crippen molar-refractivity contribution in [3.63, 3.8) is 0 Å². The van der Waals surface area contributed by atoms with Gasteiger partial charge in [0, 0.05) is 6.04 Å². The van der Waals surface area contributed by atoms with E-state index in [0.717, 1.165) is 5.56 Å². The van der Waals surface area contributed by atoms with E-state index >= 15 is 0 Å². The number of rotatable bonds is 4. The topological polar surface area (TPSA) is 26.0 Å². The first kappa shape index (κ1) is 16.7. The Morgan fingerprint density at radius 2 is 1.32 bits per heavy atom. The van der Waals surface area contributed by atoms with Gasteiger partial charge >= 0.3 is 0 Å². The van der Waals surface area contributed by atoms with Crippen LogP contribution >= 0.6 is 0 Å². The van der Waals surface area contributed by atoms with E-state index in [1.165, 1.54) is 44.2 Å². The Hall–Kier alpha value is -3.42. The van der Waals surface area contributed by atoms with Crippen LogP contribution in [-0.2, 0) is 0 Å². The van der Waals surface area contributed by atoms with Crippen molar-refractivity contribution in [2.45, 2.75) is 6.04 Å². The Labute approximate surface area is 165 Å². The number of fused-ring (bicyclic) bond motifs is 3. The van der Waals surface area contributed by atoms with E-state index in [4.69, 9.17) is 5.73 Å². The molecule has 4 aromatic carbocycles. The molecule has 2 N–H and O–H groups in total. The third kappa shape index (κ3) is 2.52. The molecule has 0 heterocycles. The van der Waals surface area contributed by atoms with Gasteiger partial charge in [-0.15, -0.1) is 0 Å². The molecule has 0 amide bonds. The summed E-state index contributed by atoms with van der Waals surface area (Å²) in [5, 5.41) is 2.66. The monoisotopic (exact) mass is 359 g/mol. The molecule has 0 aromatic heterocycles. The first-order valence-corrected chi connectivity index (χ1v) is 9.58. The predicted octanol–water partition coefficient (Wildman–Crippen LogP) is 6.90. The van der Waals surface area contributed by atoms with Gasteiger partial charge in [-0.05, 0) is 49.7 Å². The average molecular weight is 359 g/mol. The molecule has 0 saturated heterocycles. The highest BCUT2D eigenvalue weighted by Gasteiger charge is 2.21. The second-order valence-electron chi connectivity index (χ2n) is 7.20. The van der Waals surface area contributed by atoms with Crippen LogP contribution in [0, 0.1) is 0 Å². The van der Waals surface area contributed by atoms with Crippen molar-refractivity contribution in [1.29, 1.82) is 0 Å². The van der Waals surface area contributed by atoms with E-state index < -0.39 is 0 Å². The first-order chi connectivity index (χ1) is 13.8. The highest BCUT2D eigenvalue weighted by molar-refractivity contribution is 6.18. The van der Waals surface area contributed by atoms with Gasteiger partial charge in [0.2, 0.25) is 0 Å². The molecule has 1 unspecified atom stereocenters. The lowest BCUT2D eigenvalue weighted by Crippen LogP contribution is -2.06. The van der Waals surface area contributed by atoms with Crippen molar-refractivity contribution >= 4 is 10.8 Å². The minimum Gasteiger partial charge on any atom is -0.321 e. The Morgan fingerprint density at radius 3 is 2.04 bits per heavy atom. The second kappa shape index (κ2) is 6.63. The van der Waals surface area contributed by atoms with Crippen molar-refractivity contribution < 1.29 is 0 Å². The highest BCUT2D eigenvalue weighted by Crippen LogP contribution is 2.49. The molecule has 0 saturated carbocycles. The van der Waals surface area contributed by atoms with Gasteiger partial charge in [-0.3, -0.25) is 0 Å². The number of benzene rings is 4. The molecule has 5 rings (SSSR count). The van der Waals surface area contributed by atoms with Gasteiger partial charge in [0.1, 0.15) is 0 Å². The molecule has 0 aliphatic heterocycles. The Kier molecular flexibility index (Phi) is 3.96. The molecule has 134 valence electrons. The molecule has 1 aliphatic carbocycles. The molecule has 0 spiro atoms. The van der Waals surface area contributed by atoms with Crippen molar-refractivity contribution in [1.82, 2.24) is 0 Å². The summed E-state index contributed by atoms with van der Waals surface area (Å²) in [5.41, 5.74) is 15.1. The van der Waals surface area contributed by atoms with Gasteiger partial charge in [-0.2, -0.15) is 0 Å². The zero-order valence-electron chi connectivity index (χ0n) is 15.6. The summed E-state index contributed by atoms with van der Waals surface area (Å²) >= 11 is 0. The summed E-state index contributed by atoms with van der Waals surface area (Å²) in [6.07, 6.45) is 5.59. The van der Waals surface area contributed by atoms with Crippen molar-refractivity contribution in [2.24, 2.45) is 5.73 Å². The van der Waals surface area contributed by atoms with Gasteiger partial charge in [-0.1, -0.05) is 104 Å². The van der Waals surface area contributed by atoms with Crippen LogP contribution in [0.15, 0.2) is 104 Å². The van der Waals surface area contributed by atoms with Gasteiger partial charge in [0.25, 0.3) is 0 Å². The summed E-state index contributed by atoms with van der Waals surface area (Å²) in [6.45, 7) is 3.70. The Balaban J connectivity index is 1.63.